The monoisotopic (exact) mass is 299 g/mol. The molecule has 88 valence electrons. The summed E-state index contributed by atoms with van der Waals surface area (Å²) < 4.78 is 1.18. The number of rotatable bonds is 2. The van der Waals surface area contributed by atoms with Crippen molar-refractivity contribution in [3.05, 3.63) is 34.3 Å². The van der Waals surface area contributed by atoms with Gasteiger partial charge in [-0.25, -0.2) is 0 Å². The van der Waals surface area contributed by atoms with Crippen LogP contribution in [0.1, 0.15) is 24.9 Å². The Balaban J connectivity index is 2.07. The fourth-order valence-electron chi connectivity index (χ4n) is 2.13. The number of hydrogen-bond acceptors (Lipinski definition) is 2. The van der Waals surface area contributed by atoms with Gasteiger partial charge in [-0.3, -0.25) is 4.90 Å². The molecule has 1 aliphatic rings. The van der Waals surface area contributed by atoms with Crippen LogP contribution in [0.4, 0.5) is 0 Å². The van der Waals surface area contributed by atoms with Crippen LogP contribution in [0, 0.1) is 0 Å². The Morgan fingerprint density at radius 1 is 1.31 bits per heavy atom. The van der Waals surface area contributed by atoms with Crippen LogP contribution in [-0.2, 0) is 0 Å². The summed E-state index contributed by atoms with van der Waals surface area (Å²) in [7, 11) is 0. The highest BCUT2D eigenvalue weighted by Crippen LogP contribution is 2.25. The Morgan fingerprint density at radius 2 is 2.19 bits per heavy atom. The van der Waals surface area contributed by atoms with Crippen LogP contribution in [0.15, 0.2) is 28.7 Å². The van der Waals surface area contributed by atoms with E-state index in [2.05, 4.69) is 63.8 Å². The Bertz CT molecular complexity index is 334. The number of halogens is 1. The molecule has 16 heavy (non-hydrogen) atoms. The quantitative estimate of drug-likeness (QED) is 0.813. The minimum absolute atomic E-state index is 0.538. The van der Waals surface area contributed by atoms with E-state index < -0.39 is 0 Å². The summed E-state index contributed by atoms with van der Waals surface area (Å²) in [4.78, 5) is 2.60. The Kier molecular flexibility index (Phi) is 4.74. The van der Waals surface area contributed by atoms with E-state index in [1.54, 1.807) is 0 Å². The molecule has 2 rings (SSSR count). The van der Waals surface area contributed by atoms with E-state index in [0.29, 0.717) is 6.04 Å². The smallest absolute Gasteiger partial charge is 0.0320 e. The average Bonchev–Trinajstić information content (AvgIpc) is 2.56. The predicted octanol–water partition coefficient (Wildman–Crippen LogP) is 3.95. The lowest BCUT2D eigenvalue weighted by atomic mass is 10.1. The van der Waals surface area contributed by atoms with Crippen LogP contribution in [0.25, 0.3) is 0 Å². The molecule has 0 aromatic heterocycles. The van der Waals surface area contributed by atoms with Gasteiger partial charge < -0.3 is 0 Å². The van der Waals surface area contributed by atoms with Crippen molar-refractivity contribution in [2.75, 3.05) is 24.6 Å². The van der Waals surface area contributed by atoms with Gasteiger partial charge >= 0.3 is 0 Å². The van der Waals surface area contributed by atoms with E-state index in [9.17, 15) is 0 Å². The van der Waals surface area contributed by atoms with E-state index in [0.717, 1.165) is 0 Å². The molecule has 1 saturated heterocycles. The molecule has 0 saturated carbocycles. The van der Waals surface area contributed by atoms with Crippen molar-refractivity contribution in [3.63, 3.8) is 0 Å². The average molecular weight is 300 g/mol. The van der Waals surface area contributed by atoms with E-state index >= 15 is 0 Å². The lowest BCUT2D eigenvalue weighted by Crippen LogP contribution is -2.29. The number of benzene rings is 1. The van der Waals surface area contributed by atoms with Gasteiger partial charge in [-0.1, -0.05) is 28.1 Å². The number of hydrogen-bond donors (Lipinski definition) is 0. The first-order valence-electron chi connectivity index (χ1n) is 5.84. The molecular formula is C13H18BrNS. The zero-order chi connectivity index (χ0) is 11.4. The van der Waals surface area contributed by atoms with Crippen molar-refractivity contribution < 1.29 is 0 Å². The number of nitrogens with zero attached hydrogens (tertiary/aromatic N) is 1. The molecule has 0 amide bonds. The van der Waals surface area contributed by atoms with Crippen LogP contribution in [0.2, 0.25) is 0 Å². The highest BCUT2D eigenvalue weighted by atomic mass is 79.9. The molecule has 1 aliphatic heterocycles. The summed E-state index contributed by atoms with van der Waals surface area (Å²) in [5.41, 5.74) is 1.42. The summed E-state index contributed by atoms with van der Waals surface area (Å²) in [5, 5.41) is 0. The van der Waals surface area contributed by atoms with Gasteiger partial charge in [0.15, 0.2) is 0 Å². The Morgan fingerprint density at radius 3 is 3.00 bits per heavy atom. The number of thioether (sulfide) groups is 1. The Labute approximate surface area is 111 Å². The molecule has 3 heteroatoms. The van der Waals surface area contributed by atoms with Gasteiger partial charge in [-0.05, 0) is 43.3 Å². The molecule has 1 aromatic carbocycles. The first kappa shape index (κ1) is 12.5. The molecule has 0 aliphatic carbocycles. The van der Waals surface area contributed by atoms with E-state index in [-0.39, 0.29) is 0 Å². The molecule has 1 nitrogen and oxygen atoms in total. The molecule has 0 radical (unpaired) electrons. The van der Waals surface area contributed by atoms with Gasteiger partial charge in [0.25, 0.3) is 0 Å². The fraction of sp³-hybridized carbons (Fsp3) is 0.538. The lowest BCUT2D eigenvalue weighted by Gasteiger charge is -2.27. The summed E-state index contributed by atoms with van der Waals surface area (Å²) in [6.07, 6.45) is 1.32. The van der Waals surface area contributed by atoms with Crippen molar-refractivity contribution in [1.29, 1.82) is 0 Å². The van der Waals surface area contributed by atoms with Gasteiger partial charge in [-0.15, -0.1) is 0 Å². The van der Waals surface area contributed by atoms with Crippen LogP contribution >= 0.6 is 27.7 Å². The van der Waals surface area contributed by atoms with E-state index in [4.69, 9.17) is 0 Å². The molecule has 0 N–H and O–H groups in total. The molecule has 0 spiro atoms. The summed E-state index contributed by atoms with van der Waals surface area (Å²) in [6.45, 7) is 4.77. The van der Waals surface area contributed by atoms with Crippen LogP contribution in [0.5, 0.6) is 0 Å². The third-order valence-electron chi connectivity index (χ3n) is 3.14. The summed E-state index contributed by atoms with van der Waals surface area (Å²) in [6, 6.07) is 9.23. The maximum absolute atomic E-state index is 3.55. The predicted molar refractivity (Wildman–Crippen MR) is 76.1 cm³/mol. The normalized spacial score (nSPS) is 20.4. The van der Waals surface area contributed by atoms with Crippen molar-refractivity contribution in [2.24, 2.45) is 0 Å². The lowest BCUT2D eigenvalue weighted by molar-refractivity contribution is 0.228. The maximum atomic E-state index is 3.55. The van der Waals surface area contributed by atoms with Crippen LogP contribution < -0.4 is 0 Å². The van der Waals surface area contributed by atoms with Crippen molar-refractivity contribution in [1.82, 2.24) is 4.90 Å². The Hall–Kier alpha value is 0.01000. The van der Waals surface area contributed by atoms with Crippen molar-refractivity contribution >= 4 is 27.7 Å². The minimum atomic E-state index is 0.538. The fourth-order valence-corrected chi connectivity index (χ4v) is 3.45. The SMILES string of the molecule is C[C@@H](c1cccc(Br)c1)N1CCCSCC1. The zero-order valence-electron chi connectivity index (χ0n) is 9.66. The highest BCUT2D eigenvalue weighted by Gasteiger charge is 2.17. The van der Waals surface area contributed by atoms with Crippen molar-refractivity contribution in [2.45, 2.75) is 19.4 Å². The molecule has 0 unspecified atom stereocenters. The molecule has 0 bridgehead atoms. The van der Waals surface area contributed by atoms with Gasteiger partial charge in [-0.2, -0.15) is 11.8 Å². The second-order valence-electron chi connectivity index (χ2n) is 4.23. The van der Waals surface area contributed by atoms with Gasteiger partial charge in [0.05, 0.1) is 0 Å². The molecule has 1 fully saturated rings. The molecule has 1 heterocycles. The standard InChI is InChI=1S/C13H18BrNS/c1-11(12-4-2-5-13(14)10-12)15-6-3-8-16-9-7-15/h2,4-5,10-11H,3,6-9H2,1H3/t11-/m0/s1. The first-order chi connectivity index (χ1) is 7.77. The second-order valence-corrected chi connectivity index (χ2v) is 6.37. The third-order valence-corrected chi connectivity index (χ3v) is 4.68. The second kappa shape index (κ2) is 6.08. The van der Waals surface area contributed by atoms with Crippen molar-refractivity contribution in [3.8, 4) is 0 Å². The third kappa shape index (κ3) is 3.25. The first-order valence-corrected chi connectivity index (χ1v) is 7.79. The van der Waals surface area contributed by atoms with E-state index in [1.165, 1.54) is 41.1 Å². The van der Waals surface area contributed by atoms with E-state index in [1.807, 2.05) is 0 Å². The summed E-state index contributed by atoms with van der Waals surface area (Å²) in [5.74, 6) is 2.60. The topological polar surface area (TPSA) is 3.24 Å². The highest BCUT2D eigenvalue weighted by molar-refractivity contribution is 9.10. The maximum Gasteiger partial charge on any atom is 0.0320 e. The van der Waals surface area contributed by atoms with Crippen LogP contribution in [0.3, 0.4) is 0 Å². The minimum Gasteiger partial charge on any atom is -0.296 e. The van der Waals surface area contributed by atoms with Crippen LogP contribution in [-0.4, -0.2) is 29.5 Å². The molecule has 1 atom stereocenters. The largest absolute Gasteiger partial charge is 0.296 e. The molecular weight excluding hydrogens is 282 g/mol. The van der Waals surface area contributed by atoms with Gasteiger partial charge in [0, 0.05) is 22.8 Å². The molecule has 1 aromatic rings. The van der Waals surface area contributed by atoms with Gasteiger partial charge in [0.2, 0.25) is 0 Å². The summed E-state index contributed by atoms with van der Waals surface area (Å²) >= 11 is 5.63. The van der Waals surface area contributed by atoms with Gasteiger partial charge in [0.1, 0.15) is 0 Å². The zero-order valence-corrected chi connectivity index (χ0v) is 12.1.